The van der Waals surface area contributed by atoms with Crippen molar-refractivity contribution in [3.05, 3.63) is 23.9 Å². The van der Waals surface area contributed by atoms with E-state index in [9.17, 15) is 0 Å². The molecule has 0 bridgehead atoms. The average Bonchev–Trinajstić information content (AvgIpc) is 2.93. The SMILES string of the molecule is CNc1nc(C)c(-c2ccc3c(c2)OCO3)o1. The summed E-state index contributed by atoms with van der Waals surface area (Å²) < 4.78 is 16.2. The summed E-state index contributed by atoms with van der Waals surface area (Å²) in [5.41, 5.74) is 1.77. The molecular weight excluding hydrogens is 220 g/mol. The number of aromatic nitrogens is 1. The molecule has 0 saturated heterocycles. The van der Waals surface area contributed by atoms with Crippen LogP contribution in [0.1, 0.15) is 5.69 Å². The molecule has 2 heterocycles. The second kappa shape index (κ2) is 3.69. The number of ether oxygens (including phenoxy) is 2. The number of nitrogens with zero attached hydrogens (tertiary/aromatic N) is 1. The zero-order valence-electron chi connectivity index (χ0n) is 9.61. The van der Waals surface area contributed by atoms with Crippen molar-refractivity contribution < 1.29 is 13.9 Å². The molecular formula is C12H12N2O3. The maximum atomic E-state index is 5.59. The van der Waals surface area contributed by atoms with Crippen molar-refractivity contribution in [2.45, 2.75) is 6.92 Å². The molecule has 88 valence electrons. The smallest absolute Gasteiger partial charge is 0.295 e. The fourth-order valence-electron chi connectivity index (χ4n) is 1.81. The highest BCUT2D eigenvalue weighted by Crippen LogP contribution is 2.37. The third-order valence-corrected chi connectivity index (χ3v) is 2.65. The predicted molar refractivity (Wildman–Crippen MR) is 62.3 cm³/mol. The van der Waals surface area contributed by atoms with Crippen LogP contribution in [0.5, 0.6) is 11.5 Å². The Labute approximate surface area is 98.4 Å². The number of oxazole rings is 1. The summed E-state index contributed by atoms with van der Waals surface area (Å²) in [6, 6.07) is 6.21. The number of hydrogen-bond donors (Lipinski definition) is 1. The first-order valence-corrected chi connectivity index (χ1v) is 5.33. The van der Waals surface area contributed by atoms with Gasteiger partial charge in [-0.05, 0) is 25.1 Å². The Kier molecular flexibility index (Phi) is 2.18. The maximum absolute atomic E-state index is 5.59. The fourth-order valence-corrected chi connectivity index (χ4v) is 1.81. The zero-order valence-corrected chi connectivity index (χ0v) is 9.61. The van der Waals surface area contributed by atoms with Gasteiger partial charge in [-0.3, -0.25) is 0 Å². The van der Waals surface area contributed by atoms with E-state index in [1.54, 1.807) is 7.05 Å². The van der Waals surface area contributed by atoms with E-state index in [1.807, 2.05) is 25.1 Å². The molecule has 0 aliphatic carbocycles. The standard InChI is InChI=1S/C12H12N2O3/c1-7-11(17-12(13-2)14-7)8-3-4-9-10(5-8)16-6-15-9/h3-5H,6H2,1-2H3,(H,13,14). The van der Waals surface area contributed by atoms with Gasteiger partial charge in [0.2, 0.25) is 6.79 Å². The Morgan fingerprint density at radius 2 is 2.06 bits per heavy atom. The average molecular weight is 232 g/mol. The molecule has 0 atom stereocenters. The molecule has 0 saturated carbocycles. The van der Waals surface area contributed by atoms with Gasteiger partial charge < -0.3 is 19.2 Å². The molecule has 0 amide bonds. The summed E-state index contributed by atoms with van der Waals surface area (Å²) in [6.07, 6.45) is 0. The van der Waals surface area contributed by atoms with Crippen molar-refractivity contribution in [2.24, 2.45) is 0 Å². The molecule has 1 aliphatic rings. The third-order valence-electron chi connectivity index (χ3n) is 2.65. The van der Waals surface area contributed by atoms with Crippen molar-refractivity contribution >= 4 is 6.01 Å². The monoisotopic (exact) mass is 232 g/mol. The normalized spacial score (nSPS) is 12.8. The van der Waals surface area contributed by atoms with E-state index in [0.29, 0.717) is 6.01 Å². The van der Waals surface area contributed by atoms with Gasteiger partial charge in [0.15, 0.2) is 17.3 Å². The molecule has 5 heteroatoms. The number of fused-ring (bicyclic) bond motifs is 1. The summed E-state index contributed by atoms with van der Waals surface area (Å²) in [7, 11) is 1.77. The first kappa shape index (κ1) is 10.0. The fraction of sp³-hybridized carbons (Fsp3) is 0.250. The summed E-state index contributed by atoms with van der Waals surface area (Å²) in [4.78, 5) is 4.25. The van der Waals surface area contributed by atoms with Crippen molar-refractivity contribution in [1.82, 2.24) is 4.98 Å². The Balaban J connectivity index is 2.06. The van der Waals surface area contributed by atoms with E-state index >= 15 is 0 Å². The Morgan fingerprint density at radius 3 is 2.82 bits per heavy atom. The van der Waals surface area contributed by atoms with Gasteiger partial charge in [-0.15, -0.1) is 0 Å². The number of rotatable bonds is 2. The summed E-state index contributed by atoms with van der Waals surface area (Å²) in [5, 5.41) is 2.88. The van der Waals surface area contributed by atoms with Crippen molar-refractivity contribution in [1.29, 1.82) is 0 Å². The van der Waals surface area contributed by atoms with Gasteiger partial charge in [0, 0.05) is 12.6 Å². The molecule has 0 radical (unpaired) electrons. The molecule has 0 fully saturated rings. The molecule has 5 nitrogen and oxygen atoms in total. The first-order chi connectivity index (χ1) is 8.28. The van der Waals surface area contributed by atoms with Gasteiger partial charge in [-0.2, -0.15) is 4.98 Å². The molecule has 3 rings (SSSR count). The lowest BCUT2D eigenvalue weighted by Crippen LogP contribution is -1.92. The van der Waals surface area contributed by atoms with Crippen LogP contribution >= 0.6 is 0 Å². The van der Waals surface area contributed by atoms with Crippen LogP contribution in [0.15, 0.2) is 22.6 Å². The van der Waals surface area contributed by atoms with E-state index in [0.717, 1.165) is 28.5 Å². The minimum Gasteiger partial charge on any atom is -0.454 e. The number of nitrogens with one attached hydrogen (secondary N) is 1. The lowest BCUT2D eigenvalue weighted by Gasteiger charge is -2.00. The number of hydrogen-bond acceptors (Lipinski definition) is 5. The number of benzene rings is 1. The summed E-state index contributed by atoms with van der Waals surface area (Å²) >= 11 is 0. The van der Waals surface area contributed by atoms with Crippen LogP contribution in [-0.2, 0) is 0 Å². The third kappa shape index (κ3) is 1.60. The Hall–Kier alpha value is -2.17. The minimum atomic E-state index is 0.274. The second-order valence-electron chi connectivity index (χ2n) is 3.75. The number of aryl methyl sites for hydroxylation is 1. The van der Waals surface area contributed by atoms with E-state index in [1.165, 1.54) is 0 Å². The highest BCUT2D eigenvalue weighted by molar-refractivity contribution is 5.65. The minimum absolute atomic E-state index is 0.274. The van der Waals surface area contributed by atoms with Crippen LogP contribution in [0, 0.1) is 6.92 Å². The molecule has 1 aromatic carbocycles. The molecule has 0 spiro atoms. The lowest BCUT2D eigenvalue weighted by atomic mass is 10.1. The Morgan fingerprint density at radius 1 is 1.24 bits per heavy atom. The van der Waals surface area contributed by atoms with Crippen LogP contribution in [-0.4, -0.2) is 18.8 Å². The highest BCUT2D eigenvalue weighted by Gasteiger charge is 2.17. The molecule has 1 aromatic heterocycles. The predicted octanol–water partition coefficient (Wildman–Crippen LogP) is 2.42. The van der Waals surface area contributed by atoms with E-state index in [2.05, 4.69) is 10.3 Å². The van der Waals surface area contributed by atoms with Crippen molar-refractivity contribution in [2.75, 3.05) is 19.2 Å². The van der Waals surface area contributed by atoms with Crippen molar-refractivity contribution in [3.8, 4) is 22.8 Å². The summed E-state index contributed by atoms with van der Waals surface area (Å²) in [5.74, 6) is 2.25. The second-order valence-corrected chi connectivity index (χ2v) is 3.75. The molecule has 17 heavy (non-hydrogen) atoms. The largest absolute Gasteiger partial charge is 0.454 e. The molecule has 1 aliphatic heterocycles. The van der Waals surface area contributed by atoms with Crippen LogP contribution in [0.4, 0.5) is 6.01 Å². The van der Waals surface area contributed by atoms with E-state index in [-0.39, 0.29) is 6.79 Å². The summed E-state index contributed by atoms with van der Waals surface area (Å²) in [6.45, 7) is 2.18. The quantitative estimate of drug-likeness (QED) is 0.861. The van der Waals surface area contributed by atoms with Crippen molar-refractivity contribution in [3.63, 3.8) is 0 Å². The van der Waals surface area contributed by atoms with Gasteiger partial charge in [0.05, 0.1) is 5.69 Å². The molecule has 2 aromatic rings. The van der Waals surface area contributed by atoms with E-state index < -0.39 is 0 Å². The first-order valence-electron chi connectivity index (χ1n) is 5.33. The van der Waals surface area contributed by atoms with Gasteiger partial charge in [0.25, 0.3) is 6.01 Å². The van der Waals surface area contributed by atoms with E-state index in [4.69, 9.17) is 13.9 Å². The topological polar surface area (TPSA) is 56.5 Å². The maximum Gasteiger partial charge on any atom is 0.295 e. The van der Waals surface area contributed by atoms with Crippen LogP contribution in [0.25, 0.3) is 11.3 Å². The zero-order chi connectivity index (χ0) is 11.8. The Bertz CT molecular complexity index is 563. The highest BCUT2D eigenvalue weighted by atomic mass is 16.7. The van der Waals surface area contributed by atoms with Crippen LogP contribution in [0.2, 0.25) is 0 Å². The van der Waals surface area contributed by atoms with Gasteiger partial charge in [-0.1, -0.05) is 0 Å². The van der Waals surface area contributed by atoms with Gasteiger partial charge in [0.1, 0.15) is 0 Å². The van der Waals surface area contributed by atoms with Gasteiger partial charge in [-0.25, -0.2) is 0 Å². The van der Waals surface area contributed by atoms with Crippen LogP contribution in [0.3, 0.4) is 0 Å². The lowest BCUT2D eigenvalue weighted by molar-refractivity contribution is 0.174. The molecule has 0 unspecified atom stereocenters. The molecule has 1 N–H and O–H groups in total. The van der Waals surface area contributed by atoms with Crippen LogP contribution < -0.4 is 14.8 Å². The van der Waals surface area contributed by atoms with Gasteiger partial charge >= 0.3 is 0 Å². The number of anilines is 1.